The van der Waals surface area contributed by atoms with Gasteiger partial charge in [-0.15, -0.1) is 0 Å². The third kappa shape index (κ3) is 5.52. The smallest absolute Gasteiger partial charge is 0.327 e. The molecule has 0 atom stereocenters. The zero-order valence-electron chi connectivity index (χ0n) is 14.4. The molecule has 1 aromatic heterocycles. The van der Waals surface area contributed by atoms with Gasteiger partial charge in [-0.3, -0.25) is 15.4 Å². The van der Waals surface area contributed by atoms with Gasteiger partial charge in [0.2, 0.25) is 0 Å². The van der Waals surface area contributed by atoms with E-state index in [2.05, 4.69) is 15.6 Å². The van der Waals surface area contributed by atoms with Crippen LogP contribution >= 0.6 is 46.4 Å². The Balaban J connectivity index is 1.61. The molecule has 3 rings (SSSR count). The van der Waals surface area contributed by atoms with E-state index in [1.54, 1.807) is 30.3 Å². The molecule has 0 saturated carbocycles. The van der Waals surface area contributed by atoms with E-state index in [0.717, 1.165) is 0 Å². The van der Waals surface area contributed by atoms with Gasteiger partial charge in [-0.2, -0.15) is 0 Å². The first kappa shape index (κ1) is 21.2. The largest absolute Gasteiger partial charge is 0.456 e. The van der Waals surface area contributed by atoms with Crippen LogP contribution in [-0.4, -0.2) is 16.9 Å². The number of carbonyl (C=O) groups is 2. The highest BCUT2D eigenvalue weighted by molar-refractivity contribution is 6.42. The number of nitrogens with zero attached hydrogens (tertiary/aromatic N) is 1. The minimum absolute atomic E-state index is 0.00400. The van der Waals surface area contributed by atoms with Crippen molar-refractivity contribution in [2.75, 3.05) is 5.32 Å². The lowest BCUT2D eigenvalue weighted by molar-refractivity contribution is 0.0967. The third-order valence-electron chi connectivity index (χ3n) is 3.52. The Hall–Kier alpha value is -2.51. The van der Waals surface area contributed by atoms with Gasteiger partial charge < -0.3 is 4.74 Å². The van der Waals surface area contributed by atoms with E-state index in [1.165, 1.54) is 24.4 Å². The van der Waals surface area contributed by atoms with E-state index >= 15 is 0 Å². The summed E-state index contributed by atoms with van der Waals surface area (Å²) in [6, 6.07) is 11.7. The maximum atomic E-state index is 12.2. The van der Waals surface area contributed by atoms with Gasteiger partial charge in [-0.05, 0) is 36.4 Å². The van der Waals surface area contributed by atoms with Gasteiger partial charge in [-0.25, -0.2) is 9.78 Å². The van der Waals surface area contributed by atoms with Crippen molar-refractivity contribution in [2.45, 2.75) is 0 Å². The molecular formula is C19H11Cl4N3O3. The van der Waals surface area contributed by atoms with Crippen LogP contribution in [0.4, 0.5) is 10.6 Å². The van der Waals surface area contributed by atoms with E-state index in [-0.39, 0.29) is 21.4 Å². The molecular weight excluding hydrogens is 460 g/mol. The van der Waals surface area contributed by atoms with Crippen molar-refractivity contribution in [3.63, 3.8) is 0 Å². The van der Waals surface area contributed by atoms with Crippen molar-refractivity contribution in [1.82, 2.24) is 10.3 Å². The number of anilines is 1. The zero-order chi connectivity index (χ0) is 21.0. The fourth-order valence-corrected chi connectivity index (χ4v) is 3.08. The average molecular weight is 471 g/mol. The number of rotatable bonds is 4. The summed E-state index contributed by atoms with van der Waals surface area (Å²) < 4.78 is 5.61. The Morgan fingerprint density at radius 1 is 0.828 bits per heavy atom. The van der Waals surface area contributed by atoms with Crippen LogP contribution in [-0.2, 0) is 0 Å². The number of pyridine rings is 1. The van der Waals surface area contributed by atoms with Gasteiger partial charge in [0.1, 0.15) is 17.3 Å². The standard InChI is InChI=1S/C19H11Cl4N3O3/c20-12-6-4-10(8-15(12)23)29-11-5-7-16(24-9-11)25-19(28)26-18(27)17-13(21)2-1-3-14(17)22/h1-9H,(H2,24,25,26,27,28). The quantitative estimate of drug-likeness (QED) is 0.459. The molecule has 0 saturated heterocycles. The zero-order valence-corrected chi connectivity index (χ0v) is 17.4. The highest BCUT2D eigenvalue weighted by atomic mass is 35.5. The van der Waals surface area contributed by atoms with Crippen molar-refractivity contribution in [1.29, 1.82) is 0 Å². The third-order valence-corrected chi connectivity index (χ3v) is 4.89. The number of hydrogen-bond donors (Lipinski definition) is 2. The molecule has 0 aliphatic heterocycles. The van der Waals surface area contributed by atoms with Crippen LogP contribution in [0.3, 0.4) is 0 Å². The number of aromatic nitrogens is 1. The molecule has 0 spiro atoms. The van der Waals surface area contributed by atoms with Crippen LogP contribution in [0.1, 0.15) is 10.4 Å². The summed E-state index contributed by atoms with van der Waals surface area (Å²) in [5.41, 5.74) is 0.00400. The minimum atomic E-state index is -0.795. The number of ether oxygens (including phenoxy) is 1. The van der Waals surface area contributed by atoms with Crippen LogP contribution < -0.4 is 15.4 Å². The van der Waals surface area contributed by atoms with Crippen LogP contribution in [0.2, 0.25) is 20.1 Å². The second-order valence-electron chi connectivity index (χ2n) is 5.56. The Morgan fingerprint density at radius 2 is 1.52 bits per heavy atom. The molecule has 148 valence electrons. The SMILES string of the molecule is O=C(NC(=O)c1c(Cl)cccc1Cl)Nc1ccc(Oc2ccc(Cl)c(Cl)c2)cn1. The molecule has 3 amide bonds. The van der Waals surface area contributed by atoms with Crippen molar-refractivity contribution < 1.29 is 14.3 Å². The summed E-state index contributed by atoms with van der Waals surface area (Å²) in [4.78, 5) is 28.3. The normalized spacial score (nSPS) is 10.3. The number of imide groups is 1. The fraction of sp³-hybridized carbons (Fsp3) is 0. The predicted molar refractivity (Wildman–Crippen MR) is 114 cm³/mol. The summed E-state index contributed by atoms with van der Waals surface area (Å²) in [5, 5.41) is 5.59. The predicted octanol–water partition coefficient (Wildman–Crippen LogP) is 6.45. The molecule has 3 aromatic rings. The number of carbonyl (C=O) groups excluding carboxylic acids is 2. The van der Waals surface area contributed by atoms with Gasteiger partial charge in [0, 0.05) is 6.07 Å². The molecule has 10 heteroatoms. The number of urea groups is 1. The molecule has 6 nitrogen and oxygen atoms in total. The van der Waals surface area contributed by atoms with Gasteiger partial charge in [0.25, 0.3) is 5.91 Å². The lowest BCUT2D eigenvalue weighted by Gasteiger charge is -2.09. The second kappa shape index (κ2) is 9.33. The highest BCUT2D eigenvalue weighted by Crippen LogP contribution is 2.29. The molecule has 0 aliphatic rings. The first-order valence-corrected chi connectivity index (χ1v) is 9.50. The average Bonchev–Trinajstić information content (AvgIpc) is 2.66. The van der Waals surface area contributed by atoms with E-state index in [4.69, 9.17) is 51.1 Å². The number of amides is 3. The van der Waals surface area contributed by atoms with E-state index in [0.29, 0.717) is 21.5 Å². The monoisotopic (exact) mass is 469 g/mol. The molecule has 1 heterocycles. The van der Waals surface area contributed by atoms with Crippen LogP contribution in [0.25, 0.3) is 0 Å². The van der Waals surface area contributed by atoms with Crippen molar-refractivity contribution in [3.05, 3.63) is 80.4 Å². The Morgan fingerprint density at radius 3 is 2.14 bits per heavy atom. The van der Waals surface area contributed by atoms with Gasteiger partial charge in [0.15, 0.2) is 0 Å². The minimum Gasteiger partial charge on any atom is -0.456 e. The van der Waals surface area contributed by atoms with E-state index < -0.39 is 11.9 Å². The molecule has 0 unspecified atom stereocenters. The Bertz CT molecular complexity index is 1050. The van der Waals surface area contributed by atoms with E-state index in [1.807, 2.05) is 0 Å². The summed E-state index contributed by atoms with van der Waals surface area (Å²) in [7, 11) is 0. The Kier molecular flexibility index (Phi) is 6.82. The maximum Gasteiger partial charge on any atom is 0.327 e. The van der Waals surface area contributed by atoms with Crippen LogP contribution in [0, 0.1) is 0 Å². The maximum absolute atomic E-state index is 12.2. The van der Waals surface area contributed by atoms with Crippen LogP contribution in [0.15, 0.2) is 54.7 Å². The van der Waals surface area contributed by atoms with Crippen molar-refractivity contribution in [2.24, 2.45) is 0 Å². The lowest BCUT2D eigenvalue weighted by atomic mass is 10.2. The highest BCUT2D eigenvalue weighted by Gasteiger charge is 2.17. The lowest BCUT2D eigenvalue weighted by Crippen LogP contribution is -2.34. The fourth-order valence-electron chi connectivity index (χ4n) is 2.22. The number of hydrogen-bond acceptors (Lipinski definition) is 4. The molecule has 29 heavy (non-hydrogen) atoms. The van der Waals surface area contributed by atoms with Gasteiger partial charge >= 0.3 is 6.03 Å². The molecule has 0 aliphatic carbocycles. The summed E-state index contributed by atoms with van der Waals surface area (Å²) in [5.74, 6) is 0.342. The van der Waals surface area contributed by atoms with E-state index in [9.17, 15) is 9.59 Å². The topological polar surface area (TPSA) is 80.3 Å². The van der Waals surface area contributed by atoms with Crippen molar-refractivity contribution in [3.8, 4) is 11.5 Å². The summed E-state index contributed by atoms with van der Waals surface area (Å²) in [6.07, 6.45) is 1.39. The summed E-state index contributed by atoms with van der Waals surface area (Å²) in [6.45, 7) is 0. The van der Waals surface area contributed by atoms with Gasteiger partial charge in [-0.1, -0.05) is 52.5 Å². The number of nitrogens with one attached hydrogen (secondary N) is 2. The van der Waals surface area contributed by atoms with Crippen LogP contribution in [0.5, 0.6) is 11.5 Å². The van der Waals surface area contributed by atoms with Gasteiger partial charge in [0.05, 0.1) is 31.9 Å². The number of halogens is 4. The first-order valence-electron chi connectivity index (χ1n) is 7.99. The molecule has 0 bridgehead atoms. The molecule has 2 aromatic carbocycles. The summed E-state index contributed by atoms with van der Waals surface area (Å²) >= 11 is 23.7. The van der Waals surface area contributed by atoms with Crippen molar-refractivity contribution >= 4 is 64.2 Å². The molecule has 0 fully saturated rings. The number of benzene rings is 2. The molecule has 2 N–H and O–H groups in total. The Labute approximate surface area is 185 Å². The molecule has 0 radical (unpaired) electrons. The first-order chi connectivity index (χ1) is 13.8. The second-order valence-corrected chi connectivity index (χ2v) is 7.19.